The largest absolute Gasteiger partial charge is 0.439 e. The molecule has 11 heteroatoms. The number of hydrogen-bond donors (Lipinski definition) is 1. The summed E-state index contributed by atoms with van der Waals surface area (Å²) in [5.74, 6) is -2.04. The van der Waals surface area contributed by atoms with Crippen LogP contribution in [0.3, 0.4) is 0 Å². The van der Waals surface area contributed by atoms with Crippen molar-refractivity contribution in [3.63, 3.8) is 0 Å². The van der Waals surface area contributed by atoms with Crippen LogP contribution in [0.15, 0.2) is 51.8 Å². The number of amides is 1. The van der Waals surface area contributed by atoms with Gasteiger partial charge in [0.05, 0.1) is 0 Å². The Labute approximate surface area is 202 Å². The normalized spacial score (nSPS) is 23.2. The minimum absolute atomic E-state index is 0.239. The quantitative estimate of drug-likeness (QED) is 0.524. The number of alkyl halides is 4. The van der Waals surface area contributed by atoms with Crippen molar-refractivity contribution in [2.24, 2.45) is 0 Å². The van der Waals surface area contributed by atoms with Crippen LogP contribution in [-0.4, -0.2) is 39.7 Å². The van der Waals surface area contributed by atoms with Crippen molar-refractivity contribution in [1.82, 2.24) is 15.0 Å². The lowest BCUT2D eigenvalue weighted by Gasteiger charge is -2.44. The first-order valence-corrected chi connectivity index (χ1v) is 11.4. The summed E-state index contributed by atoms with van der Waals surface area (Å²) in [5, 5.41) is 3.50. The molecule has 1 amide bonds. The molecular formula is C25H22F5N3O3. The Morgan fingerprint density at radius 1 is 1.19 bits per heavy atom. The van der Waals surface area contributed by atoms with Crippen LogP contribution in [-0.2, 0) is 23.9 Å². The summed E-state index contributed by atoms with van der Waals surface area (Å²) in [7, 11) is 0. The molecule has 5 rings (SSSR count). The van der Waals surface area contributed by atoms with E-state index in [1.165, 1.54) is 24.3 Å². The summed E-state index contributed by atoms with van der Waals surface area (Å²) in [4.78, 5) is 28.4. The van der Waals surface area contributed by atoms with E-state index in [1.807, 2.05) is 0 Å². The van der Waals surface area contributed by atoms with E-state index in [-0.39, 0.29) is 11.9 Å². The molecular weight excluding hydrogens is 485 g/mol. The molecule has 3 atom stereocenters. The van der Waals surface area contributed by atoms with Gasteiger partial charge in [0, 0.05) is 18.0 Å². The van der Waals surface area contributed by atoms with Crippen LogP contribution in [0.1, 0.15) is 52.6 Å². The molecule has 1 fully saturated rings. The van der Waals surface area contributed by atoms with Gasteiger partial charge in [-0.3, -0.25) is 14.3 Å². The van der Waals surface area contributed by atoms with Gasteiger partial charge in [0.15, 0.2) is 0 Å². The van der Waals surface area contributed by atoms with Gasteiger partial charge in [-0.15, -0.1) is 0 Å². The first-order valence-electron chi connectivity index (χ1n) is 11.4. The minimum Gasteiger partial charge on any atom is -0.332 e. The van der Waals surface area contributed by atoms with E-state index in [4.69, 9.17) is 0 Å². The summed E-state index contributed by atoms with van der Waals surface area (Å²) in [6, 6.07) is 9.47. The monoisotopic (exact) mass is 507 g/mol. The van der Waals surface area contributed by atoms with Gasteiger partial charge in [-0.1, -0.05) is 30.3 Å². The fourth-order valence-electron chi connectivity index (χ4n) is 5.69. The number of carbonyl (C=O) groups is 1. The van der Waals surface area contributed by atoms with Gasteiger partial charge in [0.1, 0.15) is 5.82 Å². The zero-order valence-electron chi connectivity index (χ0n) is 19.2. The third-order valence-electron chi connectivity index (χ3n) is 7.55. The molecule has 0 radical (unpaired) electrons. The summed E-state index contributed by atoms with van der Waals surface area (Å²) in [5.41, 5.74) is -2.60. The number of carbonyl (C=O) groups excluding carboxylic acids is 1. The molecule has 190 valence electrons. The Hall–Kier alpha value is -3.50. The van der Waals surface area contributed by atoms with Crippen molar-refractivity contribution >= 4 is 5.91 Å². The second-order valence-corrected chi connectivity index (χ2v) is 9.58. The highest BCUT2D eigenvalue weighted by Crippen LogP contribution is 2.51. The first kappa shape index (κ1) is 24.2. The highest BCUT2D eigenvalue weighted by atomic mass is 19.4. The number of aromatic amines is 1. The van der Waals surface area contributed by atoms with Gasteiger partial charge < -0.3 is 4.90 Å². The molecule has 2 aliphatic rings. The van der Waals surface area contributed by atoms with Crippen molar-refractivity contribution in [2.45, 2.75) is 55.9 Å². The molecule has 0 spiro atoms. The smallest absolute Gasteiger partial charge is 0.332 e. The van der Waals surface area contributed by atoms with E-state index in [0.717, 1.165) is 17.2 Å². The lowest BCUT2D eigenvalue weighted by Crippen LogP contribution is -2.49. The van der Waals surface area contributed by atoms with Crippen LogP contribution in [0.2, 0.25) is 0 Å². The zero-order chi connectivity index (χ0) is 25.9. The fraction of sp³-hybridized carbons (Fsp3) is 0.400. The van der Waals surface area contributed by atoms with E-state index in [9.17, 15) is 31.5 Å². The second-order valence-electron chi connectivity index (χ2n) is 9.58. The maximum Gasteiger partial charge on any atom is 0.439 e. The maximum absolute atomic E-state index is 14.7. The summed E-state index contributed by atoms with van der Waals surface area (Å²) in [6.07, 6.45) is -3.50. The number of aryl methyl sites for hydroxylation is 1. The highest BCUT2D eigenvalue weighted by Gasteiger charge is 2.56. The molecule has 1 unspecified atom stereocenters. The number of nitrogens with one attached hydrogen (secondary N) is 1. The average molecular weight is 507 g/mol. The van der Waals surface area contributed by atoms with Crippen LogP contribution in [0.4, 0.5) is 22.0 Å². The number of likely N-dealkylation sites (tertiary alicyclic amines) is 1. The highest BCUT2D eigenvalue weighted by molar-refractivity contribution is 5.91. The predicted octanol–water partition coefficient (Wildman–Crippen LogP) is 4.59. The topological polar surface area (TPSA) is 79.2 Å². The molecule has 1 N–H and O–H groups in total. The van der Waals surface area contributed by atoms with Crippen LogP contribution in [0.5, 0.6) is 0 Å². The van der Waals surface area contributed by atoms with Crippen molar-refractivity contribution in [3.8, 4) is 0 Å². The molecule has 0 bridgehead atoms. The Balaban J connectivity index is 1.59. The van der Waals surface area contributed by atoms with Gasteiger partial charge in [0.25, 0.3) is 5.91 Å². The van der Waals surface area contributed by atoms with Gasteiger partial charge in [-0.25, -0.2) is 13.6 Å². The van der Waals surface area contributed by atoms with Crippen molar-refractivity contribution in [1.29, 1.82) is 0 Å². The van der Waals surface area contributed by atoms with Crippen molar-refractivity contribution in [3.05, 3.63) is 86.9 Å². The van der Waals surface area contributed by atoms with E-state index in [2.05, 4.69) is 14.7 Å². The van der Waals surface area contributed by atoms with E-state index in [0.29, 0.717) is 44.7 Å². The third kappa shape index (κ3) is 3.81. The molecule has 2 heterocycles. The van der Waals surface area contributed by atoms with Crippen molar-refractivity contribution in [2.75, 3.05) is 6.54 Å². The molecule has 36 heavy (non-hydrogen) atoms. The lowest BCUT2D eigenvalue weighted by molar-refractivity contribution is -0.228. The molecule has 6 nitrogen and oxygen atoms in total. The molecule has 1 saturated heterocycles. The van der Waals surface area contributed by atoms with Crippen LogP contribution >= 0.6 is 0 Å². The number of H-pyrrole nitrogens is 1. The number of hydrogen-bond acceptors (Lipinski definition) is 4. The Kier molecular flexibility index (Phi) is 5.57. The predicted molar refractivity (Wildman–Crippen MR) is 118 cm³/mol. The maximum atomic E-state index is 14.7. The molecule has 1 aliphatic heterocycles. The van der Waals surface area contributed by atoms with Gasteiger partial charge in [0.2, 0.25) is 11.5 Å². The molecule has 1 aromatic heterocycles. The second kappa shape index (κ2) is 8.28. The van der Waals surface area contributed by atoms with Gasteiger partial charge >= 0.3 is 11.9 Å². The Morgan fingerprint density at radius 2 is 1.92 bits per heavy atom. The standard InChI is InChI=1S/C25H22F5N3O3/c1-23(27,25(28,29)30)16-5-8-18-15(12-16)4-9-19-24(18,13-14-2-6-17(26)7-3-14)10-11-33(19)21(34)20-31-22(35)36-32-20/h2-3,5-8,12,19H,4,9-11,13H2,1H3,(H,31,32,35)/t19-,23?,24-/m1/s1. The number of halogens is 5. The number of benzene rings is 2. The molecule has 1 aliphatic carbocycles. The molecule has 3 aromatic rings. The molecule has 2 aromatic carbocycles. The van der Waals surface area contributed by atoms with Gasteiger partial charge in [-0.2, -0.15) is 13.2 Å². The zero-order valence-corrected chi connectivity index (χ0v) is 19.2. The Morgan fingerprint density at radius 3 is 2.56 bits per heavy atom. The summed E-state index contributed by atoms with van der Waals surface area (Å²) >= 11 is 0. The fourth-order valence-corrected chi connectivity index (χ4v) is 5.69. The summed E-state index contributed by atoms with van der Waals surface area (Å²) < 4.78 is 72.9. The van der Waals surface area contributed by atoms with Crippen molar-refractivity contribution < 1.29 is 31.3 Å². The van der Waals surface area contributed by atoms with E-state index in [1.54, 1.807) is 17.0 Å². The lowest BCUT2D eigenvalue weighted by atomic mass is 9.63. The van der Waals surface area contributed by atoms with Gasteiger partial charge in [-0.05, 0) is 72.2 Å². The summed E-state index contributed by atoms with van der Waals surface area (Å²) in [6.45, 7) is 0.799. The number of fused-ring (bicyclic) bond motifs is 3. The third-order valence-corrected chi connectivity index (χ3v) is 7.55. The van der Waals surface area contributed by atoms with Crippen LogP contribution in [0, 0.1) is 5.82 Å². The number of aromatic nitrogens is 2. The SMILES string of the molecule is CC(F)(c1ccc2c(c1)CC[C@H]1N(C(=O)c3noc(=O)[nH]3)CC[C@@]21Cc1ccc(F)cc1)C(F)(F)F. The molecule has 0 saturated carbocycles. The van der Waals surface area contributed by atoms with Crippen LogP contribution < -0.4 is 5.76 Å². The average Bonchev–Trinajstić information content (AvgIpc) is 3.43. The van der Waals surface area contributed by atoms with Crippen LogP contribution in [0.25, 0.3) is 0 Å². The minimum atomic E-state index is -5.07. The Bertz CT molecular complexity index is 1360. The van der Waals surface area contributed by atoms with E-state index < -0.39 is 40.3 Å². The first-order chi connectivity index (χ1) is 16.9. The number of rotatable bonds is 4. The number of nitrogens with zero attached hydrogens (tertiary/aromatic N) is 2. The van der Waals surface area contributed by atoms with E-state index >= 15 is 0 Å².